The van der Waals surface area contributed by atoms with Crippen molar-refractivity contribution in [2.24, 2.45) is 0 Å². The molecule has 1 heterocycles. The largest absolute Gasteiger partial charge is 0.383 e. The van der Waals surface area contributed by atoms with Crippen LogP contribution in [0.5, 0.6) is 0 Å². The highest BCUT2D eigenvalue weighted by Gasteiger charge is 2.60. The lowest BCUT2D eigenvalue weighted by atomic mass is 10.7. The van der Waals surface area contributed by atoms with Gasteiger partial charge >= 0.3 is 12.3 Å². The van der Waals surface area contributed by atoms with E-state index in [9.17, 15) is 17.4 Å². The second kappa shape index (κ2) is 6.26. The maximum atomic E-state index is 14.8. The lowest BCUT2D eigenvalue weighted by Gasteiger charge is -2.27. The van der Waals surface area contributed by atoms with Crippen molar-refractivity contribution in [1.29, 1.82) is 0 Å². The van der Waals surface area contributed by atoms with Gasteiger partial charge in [-0.2, -0.15) is 0 Å². The number of sulfone groups is 1. The predicted octanol–water partition coefficient (Wildman–Crippen LogP) is 2.16. The molecular weight excluding hydrogens is 310 g/mol. The van der Waals surface area contributed by atoms with Crippen molar-refractivity contribution in [3.63, 3.8) is 0 Å². The van der Waals surface area contributed by atoms with E-state index in [1.54, 1.807) is 0 Å². The van der Waals surface area contributed by atoms with Gasteiger partial charge in [0.2, 0.25) is 0 Å². The number of alkyl halides is 1. The van der Waals surface area contributed by atoms with Crippen LogP contribution in [-0.4, -0.2) is 36.3 Å². The van der Waals surface area contributed by atoms with Gasteiger partial charge in [-0.05, 0) is 26.8 Å². The number of rotatable bonds is 7. The summed E-state index contributed by atoms with van der Waals surface area (Å²) < 4.78 is 57.9. The molecule has 1 aromatic rings. The monoisotopic (exact) mass is 326 g/mol. The van der Waals surface area contributed by atoms with Crippen LogP contribution in [0.4, 0.5) is 4.39 Å². The Morgan fingerprint density at radius 2 is 1.70 bits per heavy atom. The van der Waals surface area contributed by atoms with E-state index in [0.717, 1.165) is 12.4 Å². The van der Waals surface area contributed by atoms with Crippen LogP contribution >= 0.6 is 7.60 Å². The van der Waals surface area contributed by atoms with Crippen molar-refractivity contribution in [3.8, 4) is 0 Å². The summed E-state index contributed by atoms with van der Waals surface area (Å²) in [6.45, 7) is 3.20. The highest BCUT2D eigenvalue weighted by atomic mass is 32.2. The van der Waals surface area contributed by atoms with E-state index in [2.05, 4.69) is 9.97 Å². The normalized spacial score (nSPS) is 15.8. The minimum atomic E-state index is -4.74. The molecule has 1 atom stereocenters. The molecule has 1 unspecified atom stereocenters. The van der Waals surface area contributed by atoms with Crippen LogP contribution in [0, 0.1) is 0 Å². The molecule has 1 aromatic heterocycles. The Morgan fingerprint density at radius 1 is 1.25 bits per heavy atom. The molecule has 10 heteroatoms. The van der Waals surface area contributed by atoms with Crippen LogP contribution < -0.4 is 0 Å². The highest BCUT2D eigenvalue weighted by Crippen LogP contribution is 2.63. The summed E-state index contributed by atoms with van der Waals surface area (Å²) in [5.74, 6) is 0. The number of hydrogen-bond donors (Lipinski definition) is 0. The molecule has 0 saturated carbocycles. The summed E-state index contributed by atoms with van der Waals surface area (Å²) in [6, 6.07) is 1.37. The van der Waals surface area contributed by atoms with Crippen LogP contribution in [0.1, 0.15) is 20.8 Å². The smallest absolute Gasteiger partial charge is 0.306 e. The Kier molecular flexibility index (Phi) is 5.37. The highest BCUT2D eigenvalue weighted by molar-refractivity contribution is 7.99. The number of aromatic nitrogens is 2. The van der Waals surface area contributed by atoms with E-state index in [-0.39, 0.29) is 13.2 Å². The van der Waals surface area contributed by atoms with Gasteiger partial charge < -0.3 is 9.05 Å². The minimum Gasteiger partial charge on any atom is -0.306 e. The second-order valence-electron chi connectivity index (χ2n) is 3.74. The molecule has 0 aliphatic rings. The Balaban J connectivity index is 3.36. The molecule has 0 N–H and O–H groups in total. The van der Waals surface area contributed by atoms with Crippen LogP contribution in [0.25, 0.3) is 0 Å². The number of hydrogen-bond acceptors (Lipinski definition) is 7. The molecular formula is C10H16FN2O5PS. The van der Waals surface area contributed by atoms with E-state index in [1.165, 1.54) is 19.9 Å². The van der Waals surface area contributed by atoms with Gasteiger partial charge in [0.25, 0.3) is 15.0 Å². The SMILES string of the molecule is CCOP(=O)(OCC)C(C)(F)S(=O)(=O)c1ncccn1. The Labute approximate surface area is 117 Å². The first-order chi connectivity index (χ1) is 9.23. The lowest BCUT2D eigenvalue weighted by molar-refractivity contribution is 0.181. The zero-order valence-corrected chi connectivity index (χ0v) is 13.0. The van der Waals surface area contributed by atoms with Crippen molar-refractivity contribution in [2.75, 3.05) is 13.2 Å². The average Bonchev–Trinajstić information content (AvgIpc) is 2.40. The molecule has 7 nitrogen and oxygen atoms in total. The quantitative estimate of drug-likeness (QED) is 0.559. The van der Waals surface area contributed by atoms with Crippen LogP contribution in [0.15, 0.2) is 23.6 Å². The van der Waals surface area contributed by atoms with Crippen molar-refractivity contribution in [1.82, 2.24) is 9.97 Å². The molecule has 20 heavy (non-hydrogen) atoms. The molecule has 0 bridgehead atoms. The van der Waals surface area contributed by atoms with Gasteiger partial charge in [0.15, 0.2) is 0 Å². The molecule has 0 amide bonds. The third kappa shape index (κ3) is 2.90. The van der Waals surface area contributed by atoms with Crippen molar-refractivity contribution in [2.45, 2.75) is 30.7 Å². The molecule has 0 aromatic carbocycles. The first-order valence-corrected chi connectivity index (χ1v) is 8.85. The summed E-state index contributed by atoms with van der Waals surface area (Å²) in [5.41, 5.74) is 0. The van der Waals surface area contributed by atoms with Crippen molar-refractivity contribution >= 4 is 17.4 Å². The topological polar surface area (TPSA) is 95.5 Å². The zero-order valence-electron chi connectivity index (χ0n) is 11.3. The van der Waals surface area contributed by atoms with Gasteiger partial charge in [0.05, 0.1) is 13.2 Å². The summed E-state index contributed by atoms with van der Waals surface area (Å²) in [6.07, 6.45) is 2.28. The lowest BCUT2D eigenvalue weighted by Crippen LogP contribution is -2.33. The summed E-state index contributed by atoms with van der Waals surface area (Å²) in [7, 11) is -9.29. The fourth-order valence-electron chi connectivity index (χ4n) is 1.35. The Bertz CT molecular complexity index is 583. The molecule has 0 aliphatic carbocycles. The van der Waals surface area contributed by atoms with E-state index in [0.29, 0.717) is 6.92 Å². The average molecular weight is 326 g/mol. The first kappa shape index (κ1) is 17.2. The molecule has 114 valence electrons. The molecule has 0 radical (unpaired) electrons. The van der Waals surface area contributed by atoms with Gasteiger partial charge in [-0.15, -0.1) is 0 Å². The van der Waals surface area contributed by atoms with Crippen LogP contribution in [-0.2, 0) is 23.4 Å². The summed E-state index contributed by atoms with van der Waals surface area (Å²) in [5, 5.41) is -0.773. The van der Waals surface area contributed by atoms with Gasteiger partial charge in [-0.3, -0.25) is 4.57 Å². The third-order valence-corrected chi connectivity index (χ3v) is 7.60. The maximum Gasteiger partial charge on any atom is 0.383 e. The minimum absolute atomic E-state index is 0.165. The summed E-state index contributed by atoms with van der Waals surface area (Å²) >= 11 is 0. The van der Waals surface area contributed by atoms with Crippen molar-refractivity contribution < 1.29 is 26.4 Å². The zero-order chi connectivity index (χ0) is 15.4. The Morgan fingerprint density at radius 3 is 2.10 bits per heavy atom. The van der Waals surface area contributed by atoms with Gasteiger partial charge in [0, 0.05) is 12.4 Å². The van der Waals surface area contributed by atoms with E-state index in [4.69, 9.17) is 9.05 Å². The molecule has 0 spiro atoms. The summed E-state index contributed by atoms with van der Waals surface area (Å²) in [4.78, 5) is 6.96. The number of nitrogens with zero attached hydrogens (tertiary/aromatic N) is 2. The van der Waals surface area contributed by atoms with Crippen molar-refractivity contribution in [3.05, 3.63) is 18.5 Å². The molecule has 0 saturated heterocycles. The van der Waals surface area contributed by atoms with E-state index in [1.807, 2.05) is 0 Å². The Hall–Kier alpha value is -0.890. The van der Waals surface area contributed by atoms with Gasteiger partial charge in [-0.25, -0.2) is 22.8 Å². The first-order valence-electron chi connectivity index (χ1n) is 5.82. The third-order valence-electron chi connectivity index (χ3n) is 2.36. The molecule has 1 rings (SSSR count). The second-order valence-corrected chi connectivity index (χ2v) is 8.53. The standard InChI is InChI=1S/C10H16FN2O5PS/c1-4-17-19(14,18-5-2)10(3,11)20(15,16)9-12-7-6-8-13-9/h6-8H,4-5H2,1-3H3. The maximum absolute atomic E-state index is 14.8. The fraction of sp³-hybridized carbons (Fsp3) is 0.600. The van der Waals surface area contributed by atoms with Gasteiger partial charge in [0.1, 0.15) is 0 Å². The predicted molar refractivity (Wildman–Crippen MR) is 69.6 cm³/mol. The van der Waals surface area contributed by atoms with E-state index >= 15 is 0 Å². The van der Waals surface area contributed by atoms with Crippen LogP contribution in [0.2, 0.25) is 0 Å². The molecule has 0 aliphatic heterocycles. The van der Waals surface area contributed by atoms with Crippen LogP contribution in [0.3, 0.4) is 0 Å². The fourth-order valence-corrected chi connectivity index (χ4v) is 5.03. The molecule has 0 fully saturated rings. The number of halogens is 1. The van der Waals surface area contributed by atoms with Gasteiger partial charge in [-0.1, -0.05) is 0 Å². The van der Waals surface area contributed by atoms with E-state index < -0.39 is 27.3 Å².